The molecule has 20 heavy (non-hydrogen) atoms. The number of hydrogen-bond donors (Lipinski definition) is 1. The van der Waals surface area contributed by atoms with Crippen molar-refractivity contribution in [2.75, 3.05) is 32.2 Å². The lowest BCUT2D eigenvalue weighted by molar-refractivity contribution is -0.119. The molecule has 0 saturated heterocycles. The van der Waals surface area contributed by atoms with Gasteiger partial charge in [-0.2, -0.15) is 0 Å². The highest BCUT2D eigenvalue weighted by molar-refractivity contribution is 5.93. The molecule has 0 fully saturated rings. The minimum atomic E-state index is -0.137. The first-order chi connectivity index (χ1) is 9.49. The number of methoxy groups -OCH3 is 2. The van der Waals surface area contributed by atoms with Crippen LogP contribution in [0.1, 0.15) is 13.8 Å². The number of amides is 2. The molecule has 0 radical (unpaired) electrons. The molecule has 0 aliphatic carbocycles. The van der Waals surface area contributed by atoms with E-state index in [1.165, 1.54) is 25.9 Å². The van der Waals surface area contributed by atoms with E-state index >= 15 is 0 Å². The number of anilines is 1. The van der Waals surface area contributed by atoms with Gasteiger partial charge in [-0.25, -0.2) is 0 Å². The third kappa shape index (κ3) is 4.15. The fourth-order valence-corrected chi connectivity index (χ4v) is 1.80. The first-order valence-electron chi connectivity index (χ1n) is 6.24. The van der Waals surface area contributed by atoms with Crippen LogP contribution in [-0.2, 0) is 9.59 Å². The third-order valence-electron chi connectivity index (χ3n) is 2.77. The van der Waals surface area contributed by atoms with Gasteiger partial charge in [-0.15, -0.1) is 0 Å². The normalized spacial score (nSPS) is 9.80. The summed E-state index contributed by atoms with van der Waals surface area (Å²) in [5.41, 5.74) is 0.615. The van der Waals surface area contributed by atoms with Crippen molar-refractivity contribution in [3.63, 3.8) is 0 Å². The van der Waals surface area contributed by atoms with Gasteiger partial charge in [0.15, 0.2) is 0 Å². The monoisotopic (exact) mass is 280 g/mol. The van der Waals surface area contributed by atoms with Gasteiger partial charge in [0.1, 0.15) is 11.5 Å². The Morgan fingerprint density at radius 2 is 1.90 bits per heavy atom. The Labute approximate surface area is 118 Å². The summed E-state index contributed by atoms with van der Waals surface area (Å²) in [5, 5.41) is 2.66. The van der Waals surface area contributed by atoms with Gasteiger partial charge >= 0.3 is 0 Å². The van der Waals surface area contributed by atoms with Crippen LogP contribution in [0, 0.1) is 0 Å². The lowest BCUT2D eigenvalue weighted by Crippen LogP contribution is -2.37. The van der Waals surface area contributed by atoms with Crippen LogP contribution in [0.25, 0.3) is 0 Å². The van der Waals surface area contributed by atoms with Gasteiger partial charge in [-0.1, -0.05) is 0 Å². The molecule has 1 aromatic carbocycles. The smallest absolute Gasteiger partial charge is 0.224 e. The van der Waals surface area contributed by atoms with E-state index in [9.17, 15) is 9.59 Å². The van der Waals surface area contributed by atoms with E-state index < -0.39 is 0 Å². The highest BCUT2D eigenvalue weighted by Crippen LogP contribution is 2.32. The Balaban J connectivity index is 3.00. The number of nitrogens with zero attached hydrogens (tertiary/aromatic N) is 1. The first-order valence-corrected chi connectivity index (χ1v) is 6.24. The van der Waals surface area contributed by atoms with Crippen molar-refractivity contribution < 1.29 is 19.1 Å². The number of nitrogens with one attached hydrogen (secondary N) is 1. The average molecular weight is 280 g/mol. The molecule has 0 spiro atoms. The standard InChI is InChI=1S/C14H20N2O4/c1-10(17)15-7-8-16(11(2)18)13-9-12(19-3)5-6-14(13)20-4/h5-6,9H,7-8H2,1-4H3,(H,15,17). The topological polar surface area (TPSA) is 67.9 Å². The molecule has 0 heterocycles. The molecule has 0 saturated carbocycles. The summed E-state index contributed by atoms with van der Waals surface area (Å²) in [5.74, 6) is 0.934. The van der Waals surface area contributed by atoms with E-state index in [0.717, 1.165) is 0 Å². The second kappa shape index (κ2) is 7.37. The molecule has 2 amide bonds. The number of hydrogen-bond acceptors (Lipinski definition) is 4. The molecule has 0 aliphatic heterocycles. The van der Waals surface area contributed by atoms with Gasteiger partial charge in [0.25, 0.3) is 0 Å². The lowest BCUT2D eigenvalue weighted by atomic mass is 10.2. The van der Waals surface area contributed by atoms with Crippen LogP contribution in [0.5, 0.6) is 11.5 Å². The fourth-order valence-electron chi connectivity index (χ4n) is 1.80. The van der Waals surface area contributed by atoms with Crippen LogP contribution in [-0.4, -0.2) is 39.1 Å². The number of ether oxygens (including phenoxy) is 2. The number of carbonyl (C=O) groups excluding carboxylic acids is 2. The molecule has 6 nitrogen and oxygen atoms in total. The Morgan fingerprint density at radius 1 is 1.20 bits per heavy atom. The van der Waals surface area contributed by atoms with Crippen LogP contribution in [0.3, 0.4) is 0 Å². The zero-order valence-corrected chi connectivity index (χ0v) is 12.2. The minimum Gasteiger partial charge on any atom is -0.497 e. The van der Waals surface area contributed by atoms with Crippen LogP contribution >= 0.6 is 0 Å². The molecule has 0 bridgehead atoms. The first kappa shape index (κ1) is 15.8. The van der Waals surface area contributed by atoms with E-state index in [2.05, 4.69) is 5.32 Å². The summed E-state index contributed by atoms with van der Waals surface area (Å²) in [7, 11) is 3.10. The van der Waals surface area contributed by atoms with E-state index in [4.69, 9.17) is 9.47 Å². The summed E-state index contributed by atoms with van der Waals surface area (Å²) < 4.78 is 10.4. The lowest BCUT2D eigenvalue weighted by Gasteiger charge is -2.23. The van der Waals surface area contributed by atoms with E-state index in [0.29, 0.717) is 30.3 Å². The predicted molar refractivity (Wildman–Crippen MR) is 76.3 cm³/mol. The van der Waals surface area contributed by atoms with E-state index in [1.54, 1.807) is 25.3 Å². The molecule has 6 heteroatoms. The second-order valence-corrected chi connectivity index (χ2v) is 4.19. The average Bonchev–Trinajstić information content (AvgIpc) is 2.42. The Morgan fingerprint density at radius 3 is 2.40 bits per heavy atom. The molecule has 1 N–H and O–H groups in total. The number of rotatable bonds is 6. The molecule has 110 valence electrons. The summed E-state index contributed by atoms with van der Waals surface area (Å²) in [6, 6.07) is 5.23. The maximum Gasteiger partial charge on any atom is 0.224 e. The van der Waals surface area contributed by atoms with Gasteiger partial charge in [0.05, 0.1) is 19.9 Å². The Kier molecular flexibility index (Phi) is 5.83. The van der Waals surface area contributed by atoms with Crippen molar-refractivity contribution in [2.45, 2.75) is 13.8 Å². The maximum absolute atomic E-state index is 11.8. The predicted octanol–water partition coefficient (Wildman–Crippen LogP) is 1.19. The van der Waals surface area contributed by atoms with Crippen molar-refractivity contribution in [3.05, 3.63) is 18.2 Å². The molecule has 0 unspecified atom stereocenters. The Hall–Kier alpha value is -2.24. The number of carbonyl (C=O) groups is 2. The van der Waals surface area contributed by atoms with Crippen LogP contribution in [0.15, 0.2) is 18.2 Å². The molecule has 0 aromatic heterocycles. The van der Waals surface area contributed by atoms with Crippen molar-refractivity contribution in [1.29, 1.82) is 0 Å². The van der Waals surface area contributed by atoms with Crippen molar-refractivity contribution in [1.82, 2.24) is 5.32 Å². The van der Waals surface area contributed by atoms with Gasteiger partial charge in [0.2, 0.25) is 11.8 Å². The van der Waals surface area contributed by atoms with Gasteiger partial charge in [-0.05, 0) is 12.1 Å². The summed E-state index contributed by atoms with van der Waals surface area (Å²) in [4.78, 5) is 24.2. The van der Waals surface area contributed by atoms with Crippen molar-refractivity contribution >= 4 is 17.5 Å². The SMILES string of the molecule is COc1ccc(OC)c(N(CCNC(C)=O)C(C)=O)c1. The molecule has 1 aromatic rings. The number of benzene rings is 1. The quantitative estimate of drug-likeness (QED) is 0.850. The fraction of sp³-hybridized carbons (Fsp3) is 0.429. The third-order valence-corrected chi connectivity index (χ3v) is 2.77. The zero-order valence-electron chi connectivity index (χ0n) is 12.2. The van der Waals surface area contributed by atoms with E-state index in [1.807, 2.05) is 0 Å². The largest absolute Gasteiger partial charge is 0.497 e. The maximum atomic E-state index is 11.8. The van der Waals surface area contributed by atoms with Gasteiger partial charge < -0.3 is 19.7 Å². The summed E-state index contributed by atoms with van der Waals surface area (Å²) >= 11 is 0. The van der Waals surface area contributed by atoms with Crippen LogP contribution < -0.4 is 19.7 Å². The summed E-state index contributed by atoms with van der Waals surface area (Å²) in [6.07, 6.45) is 0. The van der Waals surface area contributed by atoms with Gasteiger partial charge in [-0.3, -0.25) is 9.59 Å². The highest BCUT2D eigenvalue weighted by atomic mass is 16.5. The van der Waals surface area contributed by atoms with Gasteiger partial charge in [0, 0.05) is 33.0 Å². The molecular weight excluding hydrogens is 260 g/mol. The van der Waals surface area contributed by atoms with Crippen LogP contribution in [0.2, 0.25) is 0 Å². The molecule has 0 atom stereocenters. The molecule has 1 rings (SSSR count). The minimum absolute atomic E-state index is 0.133. The van der Waals surface area contributed by atoms with Crippen LogP contribution in [0.4, 0.5) is 5.69 Å². The second-order valence-electron chi connectivity index (χ2n) is 4.19. The highest BCUT2D eigenvalue weighted by Gasteiger charge is 2.17. The van der Waals surface area contributed by atoms with Crippen molar-refractivity contribution in [2.24, 2.45) is 0 Å². The zero-order chi connectivity index (χ0) is 15.1. The Bertz CT molecular complexity index is 488. The summed E-state index contributed by atoms with van der Waals surface area (Å²) in [6.45, 7) is 3.63. The van der Waals surface area contributed by atoms with E-state index in [-0.39, 0.29) is 11.8 Å². The molecular formula is C14H20N2O4. The van der Waals surface area contributed by atoms with Crippen molar-refractivity contribution in [3.8, 4) is 11.5 Å². The molecule has 0 aliphatic rings.